The lowest BCUT2D eigenvalue weighted by molar-refractivity contribution is -0.144. The van der Waals surface area contributed by atoms with E-state index in [1.54, 1.807) is 13.8 Å². The van der Waals surface area contributed by atoms with E-state index in [0.717, 1.165) is 0 Å². The predicted molar refractivity (Wildman–Crippen MR) is 132 cm³/mol. The van der Waals surface area contributed by atoms with Crippen LogP contribution < -0.4 is 32.3 Å². The smallest absolute Gasteiger partial charge is 0.326 e. The molecule has 37 heavy (non-hydrogen) atoms. The van der Waals surface area contributed by atoms with Crippen molar-refractivity contribution in [1.29, 1.82) is 0 Å². The van der Waals surface area contributed by atoms with Crippen LogP contribution in [-0.2, 0) is 28.8 Å². The molecule has 0 saturated carbocycles. The standard InChI is InChI=1S/C23H40N6O8/c1-12(2)18(23(36)37)28-21(34)15-7-8-16(31)26-11-9-17(32)25-10-5-4-6-14(24)20(33)29-19(13(3)30)22(35)27-15/h12-15,18-19,30H,4-11,24H2,1-3H3,(H,25,32)(H,26,31)(H,27,35)(H,28,34)(H,29,33)(H,36,37)/t13?,14-,15-,18-,19-/m0/s1. The molecule has 210 valence electrons. The zero-order valence-corrected chi connectivity index (χ0v) is 21.5. The van der Waals surface area contributed by atoms with E-state index in [1.165, 1.54) is 6.92 Å². The first-order valence-corrected chi connectivity index (χ1v) is 12.4. The number of amides is 5. The number of rotatable bonds is 5. The van der Waals surface area contributed by atoms with Crippen LogP contribution in [0.2, 0.25) is 0 Å². The van der Waals surface area contributed by atoms with Crippen molar-refractivity contribution in [2.24, 2.45) is 11.7 Å². The van der Waals surface area contributed by atoms with Crippen LogP contribution in [0, 0.1) is 5.92 Å². The number of aliphatic hydroxyl groups excluding tert-OH is 1. The molecule has 1 rings (SSSR count). The summed E-state index contributed by atoms with van der Waals surface area (Å²) in [6, 6.07) is -5.03. The second-order valence-electron chi connectivity index (χ2n) is 9.45. The number of aliphatic carboxylic acids is 1. The fraction of sp³-hybridized carbons (Fsp3) is 0.739. The van der Waals surface area contributed by atoms with Crippen molar-refractivity contribution < 1.29 is 39.0 Å². The maximum atomic E-state index is 13.0. The van der Waals surface area contributed by atoms with E-state index < -0.39 is 65.8 Å². The Kier molecular flexibility index (Phi) is 13.5. The van der Waals surface area contributed by atoms with Gasteiger partial charge in [0.25, 0.3) is 0 Å². The predicted octanol–water partition coefficient (Wildman–Crippen LogP) is -2.52. The summed E-state index contributed by atoms with van der Waals surface area (Å²) in [7, 11) is 0. The first kappa shape index (κ1) is 31.8. The summed E-state index contributed by atoms with van der Waals surface area (Å²) in [6.45, 7) is 4.89. The molecule has 5 amide bonds. The van der Waals surface area contributed by atoms with Crippen molar-refractivity contribution in [2.75, 3.05) is 13.1 Å². The number of aliphatic hydroxyl groups is 1. The van der Waals surface area contributed by atoms with E-state index in [4.69, 9.17) is 5.73 Å². The molecule has 0 aromatic heterocycles. The summed E-state index contributed by atoms with van der Waals surface area (Å²) in [5, 5.41) is 31.9. The van der Waals surface area contributed by atoms with E-state index in [0.29, 0.717) is 19.4 Å². The minimum Gasteiger partial charge on any atom is -0.480 e. The van der Waals surface area contributed by atoms with Gasteiger partial charge in [-0.15, -0.1) is 0 Å². The first-order valence-electron chi connectivity index (χ1n) is 12.4. The van der Waals surface area contributed by atoms with Crippen molar-refractivity contribution in [3.8, 4) is 0 Å². The third-order valence-electron chi connectivity index (χ3n) is 5.86. The average Bonchev–Trinajstić information content (AvgIpc) is 2.81. The molecule has 0 aliphatic carbocycles. The molecule has 1 aliphatic heterocycles. The second kappa shape index (κ2) is 15.8. The van der Waals surface area contributed by atoms with Crippen molar-refractivity contribution in [3.63, 3.8) is 0 Å². The van der Waals surface area contributed by atoms with Crippen LogP contribution >= 0.6 is 0 Å². The summed E-state index contributed by atoms with van der Waals surface area (Å²) in [5.74, 6) is -4.93. The first-order chi connectivity index (χ1) is 17.3. The number of carboxylic acid groups (broad SMARTS) is 1. The normalized spacial score (nSPS) is 25.2. The zero-order chi connectivity index (χ0) is 28.1. The van der Waals surface area contributed by atoms with Gasteiger partial charge in [0.05, 0.1) is 12.1 Å². The molecule has 14 nitrogen and oxygen atoms in total. The van der Waals surface area contributed by atoms with Crippen LogP contribution in [-0.4, -0.2) is 89.1 Å². The van der Waals surface area contributed by atoms with Gasteiger partial charge in [-0.2, -0.15) is 0 Å². The highest BCUT2D eigenvalue weighted by atomic mass is 16.4. The molecule has 1 fully saturated rings. The molecule has 0 bridgehead atoms. The maximum Gasteiger partial charge on any atom is 0.326 e. The number of hydrogen-bond acceptors (Lipinski definition) is 8. The van der Waals surface area contributed by atoms with Crippen molar-refractivity contribution in [1.82, 2.24) is 26.6 Å². The van der Waals surface area contributed by atoms with Gasteiger partial charge < -0.3 is 42.5 Å². The molecular formula is C23H40N6O8. The molecule has 1 heterocycles. The fourth-order valence-corrected chi connectivity index (χ4v) is 3.58. The number of carboxylic acids is 1. The Balaban J connectivity index is 3.13. The van der Waals surface area contributed by atoms with Gasteiger partial charge in [-0.25, -0.2) is 4.79 Å². The van der Waals surface area contributed by atoms with Crippen LogP contribution in [0.1, 0.15) is 59.3 Å². The van der Waals surface area contributed by atoms with Crippen molar-refractivity contribution in [2.45, 2.75) is 89.6 Å². The highest BCUT2D eigenvalue weighted by molar-refractivity contribution is 5.94. The number of hydrogen-bond donors (Lipinski definition) is 8. The number of nitrogens with one attached hydrogen (secondary N) is 5. The van der Waals surface area contributed by atoms with Crippen LogP contribution in [0.3, 0.4) is 0 Å². The second-order valence-corrected chi connectivity index (χ2v) is 9.45. The third-order valence-corrected chi connectivity index (χ3v) is 5.86. The molecule has 14 heteroatoms. The molecule has 1 aliphatic rings. The lowest BCUT2D eigenvalue weighted by atomic mass is 10.0. The molecule has 0 aromatic carbocycles. The number of nitrogens with two attached hydrogens (primary N) is 1. The van der Waals surface area contributed by atoms with E-state index >= 15 is 0 Å². The molecule has 5 atom stereocenters. The summed E-state index contributed by atoms with van der Waals surface area (Å²) in [5.41, 5.74) is 5.91. The fourth-order valence-electron chi connectivity index (χ4n) is 3.58. The molecule has 9 N–H and O–H groups in total. The van der Waals surface area contributed by atoms with E-state index in [2.05, 4.69) is 26.6 Å². The summed E-state index contributed by atoms with van der Waals surface area (Å²) >= 11 is 0. The Morgan fingerprint density at radius 2 is 1.54 bits per heavy atom. The Morgan fingerprint density at radius 1 is 0.919 bits per heavy atom. The van der Waals surface area contributed by atoms with Crippen molar-refractivity contribution >= 4 is 35.5 Å². The van der Waals surface area contributed by atoms with Gasteiger partial charge in [0, 0.05) is 25.9 Å². The summed E-state index contributed by atoms with van der Waals surface area (Å²) < 4.78 is 0. The zero-order valence-electron chi connectivity index (χ0n) is 21.5. The minimum atomic E-state index is -1.45. The van der Waals surface area contributed by atoms with Gasteiger partial charge in [0.15, 0.2) is 0 Å². The van der Waals surface area contributed by atoms with Crippen LogP contribution in [0.4, 0.5) is 0 Å². The van der Waals surface area contributed by atoms with E-state index in [1.807, 2.05) is 0 Å². The molecule has 1 unspecified atom stereocenters. The van der Waals surface area contributed by atoms with Gasteiger partial charge in [0.2, 0.25) is 29.5 Å². The average molecular weight is 529 g/mol. The Bertz CT molecular complexity index is 834. The molecular weight excluding hydrogens is 488 g/mol. The number of carbonyl (C=O) groups excluding carboxylic acids is 5. The quantitative estimate of drug-likeness (QED) is 0.188. The van der Waals surface area contributed by atoms with Crippen LogP contribution in [0.25, 0.3) is 0 Å². The number of carbonyl (C=O) groups is 6. The third kappa shape index (κ3) is 11.6. The van der Waals surface area contributed by atoms with Gasteiger partial charge in [-0.1, -0.05) is 13.8 Å². The van der Waals surface area contributed by atoms with Gasteiger partial charge >= 0.3 is 5.97 Å². The van der Waals surface area contributed by atoms with E-state index in [9.17, 15) is 39.0 Å². The van der Waals surface area contributed by atoms with Crippen molar-refractivity contribution in [3.05, 3.63) is 0 Å². The molecule has 1 saturated heterocycles. The Labute approximate surface area is 215 Å². The van der Waals surface area contributed by atoms with Crippen LogP contribution in [0.15, 0.2) is 0 Å². The maximum absolute atomic E-state index is 13.0. The molecule has 0 radical (unpaired) electrons. The van der Waals surface area contributed by atoms with E-state index in [-0.39, 0.29) is 38.1 Å². The lowest BCUT2D eigenvalue weighted by Crippen LogP contribution is -2.60. The molecule has 0 aromatic rings. The Hall–Kier alpha value is -3.26. The van der Waals surface area contributed by atoms with Gasteiger partial charge in [-0.05, 0) is 38.5 Å². The largest absolute Gasteiger partial charge is 0.480 e. The monoisotopic (exact) mass is 528 g/mol. The Morgan fingerprint density at radius 3 is 2.14 bits per heavy atom. The lowest BCUT2D eigenvalue weighted by Gasteiger charge is -2.27. The van der Waals surface area contributed by atoms with Gasteiger partial charge in [-0.3, -0.25) is 24.0 Å². The SMILES string of the molecule is CC(C)[C@H](NC(=O)[C@@H]1CCC(=O)NCCC(=O)NCCCC[C@H](N)C(=O)N[C@@H](C(C)O)C(=O)N1)C(=O)O. The summed E-state index contributed by atoms with van der Waals surface area (Å²) in [4.78, 5) is 74.1. The highest BCUT2D eigenvalue weighted by Crippen LogP contribution is 2.07. The van der Waals surface area contributed by atoms with Gasteiger partial charge in [0.1, 0.15) is 18.1 Å². The van der Waals surface area contributed by atoms with Crippen LogP contribution in [0.5, 0.6) is 0 Å². The topological polar surface area (TPSA) is 229 Å². The minimum absolute atomic E-state index is 0.0407. The molecule has 0 spiro atoms. The highest BCUT2D eigenvalue weighted by Gasteiger charge is 2.33. The summed E-state index contributed by atoms with van der Waals surface area (Å²) in [6.07, 6.45) is -0.406.